The SMILES string of the molecule is CC(C)CCCCNC(c1cccs1)c1cccs1. The molecule has 3 heteroatoms. The van der Waals surface area contributed by atoms with Gasteiger partial charge >= 0.3 is 0 Å². The molecule has 0 radical (unpaired) electrons. The second kappa shape index (κ2) is 7.83. The van der Waals surface area contributed by atoms with E-state index in [1.807, 2.05) is 22.7 Å². The maximum atomic E-state index is 3.72. The summed E-state index contributed by atoms with van der Waals surface area (Å²) in [6, 6.07) is 9.13. The van der Waals surface area contributed by atoms with E-state index in [-0.39, 0.29) is 0 Å². The molecular formula is C16H23NS2. The lowest BCUT2D eigenvalue weighted by atomic mass is 10.1. The van der Waals surface area contributed by atoms with Crippen LogP contribution in [0.25, 0.3) is 0 Å². The molecule has 0 aliphatic heterocycles. The van der Waals surface area contributed by atoms with Crippen molar-refractivity contribution >= 4 is 22.7 Å². The number of hydrogen-bond donors (Lipinski definition) is 1. The number of hydrogen-bond acceptors (Lipinski definition) is 3. The summed E-state index contributed by atoms with van der Waals surface area (Å²) in [6.07, 6.45) is 3.93. The minimum absolute atomic E-state index is 0.388. The first kappa shape index (κ1) is 14.8. The average molecular weight is 294 g/mol. The first-order valence-corrected chi connectivity index (χ1v) is 8.83. The molecule has 2 aromatic heterocycles. The van der Waals surface area contributed by atoms with Gasteiger partial charge in [0.1, 0.15) is 0 Å². The summed E-state index contributed by atoms with van der Waals surface area (Å²) in [5.74, 6) is 0.824. The van der Waals surface area contributed by atoms with Gasteiger partial charge in [0.25, 0.3) is 0 Å². The van der Waals surface area contributed by atoms with Gasteiger partial charge in [-0.15, -0.1) is 22.7 Å². The number of thiophene rings is 2. The maximum Gasteiger partial charge on any atom is 0.0764 e. The average Bonchev–Trinajstić information content (AvgIpc) is 3.06. The molecule has 1 N–H and O–H groups in total. The molecule has 0 aliphatic rings. The van der Waals surface area contributed by atoms with E-state index < -0.39 is 0 Å². The molecule has 0 saturated heterocycles. The van der Waals surface area contributed by atoms with Crippen molar-refractivity contribution < 1.29 is 0 Å². The van der Waals surface area contributed by atoms with E-state index in [2.05, 4.69) is 54.2 Å². The number of rotatable bonds is 8. The molecule has 0 unspecified atom stereocenters. The molecule has 2 aromatic rings. The summed E-state index contributed by atoms with van der Waals surface area (Å²) in [7, 11) is 0. The van der Waals surface area contributed by atoms with Gasteiger partial charge in [-0.25, -0.2) is 0 Å². The van der Waals surface area contributed by atoms with Crippen molar-refractivity contribution in [2.45, 2.75) is 39.2 Å². The largest absolute Gasteiger partial charge is 0.305 e. The minimum atomic E-state index is 0.388. The van der Waals surface area contributed by atoms with Crippen molar-refractivity contribution in [2.75, 3.05) is 6.54 Å². The lowest BCUT2D eigenvalue weighted by Gasteiger charge is -2.16. The Labute approximate surface area is 124 Å². The van der Waals surface area contributed by atoms with Crippen LogP contribution in [0.4, 0.5) is 0 Å². The van der Waals surface area contributed by atoms with Gasteiger partial charge in [-0.2, -0.15) is 0 Å². The van der Waals surface area contributed by atoms with Crippen molar-refractivity contribution in [3.05, 3.63) is 44.8 Å². The lowest BCUT2D eigenvalue weighted by Crippen LogP contribution is -2.22. The van der Waals surface area contributed by atoms with Crippen LogP contribution in [0.2, 0.25) is 0 Å². The second-order valence-corrected chi connectivity index (χ2v) is 7.27. The predicted octanol–water partition coefficient (Wildman–Crippen LogP) is 5.31. The van der Waals surface area contributed by atoms with Crippen molar-refractivity contribution in [3.8, 4) is 0 Å². The fourth-order valence-corrected chi connectivity index (χ4v) is 3.89. The fraction of sp³-hybridized carbons (Fsp3) is 0.500. The molecule has 19 heavy (non-hydrogen) atoms. The van der Waals surface area contributed by atoms with Gasteiger partial charge in [0.2, 0.25) is 0 Å². The van der Waals surface area contributed by atoms with Gasteiger partial charge < -0.3 is 5.32 Å². The molecule has 0 aromatic carbocycles. The molecular weight excluding hydrogens is 270 g/mol. The van der Waals surface area contributed by atoms with E-state index in [4.69, 9.17) is 0 Å². The topological polar surface area (TPSA) is 12.0 Å². The lowest BCUT2D eigenvalue weighted by molar-refractivity contribution is 0.509. The Morgan fingerprint density at radius 3 is 2.11 bits per heavy atom. The first-order chi connectivity index (χ1) is 9.27. The molecule has 1 nitrogen and oxygen atoms in total. The van der Waals surface area contributed by atoms with Gasteiger partial charge in [-0.3, -0.25) is 0 Å². The van der Waals surface area contributed by atoms with E-state index in [9.17, 15) is 0 Å². The monoisotopic (exact) mass is 293 g/mol. The van der Waals surface area contributed by atoms with Crippen molar-refractivity contribution in [1.82, 2.24) is 5.32 Å². The maximum absolute atomic E-state index is 3.72. The van der Waals surface area contributed by atoms with E-state index in [1.54, 1.807) is 0 Å². The molecule has 0 atom stereocenters. The summed E-state index contributed by atoms with van der Waals surface area (Å²) in [4.78, 5) is 2.85. The van der Waals surface area contributed by atoms with E-state index in [0.29, 0.717) is 6.04 Å². The summed E-state index contributed by atoms with van der Waals surface area (Å²) in [5, 5.41) is 8.05. The fourth-order valence-electron chi connectivity index (χ4n) is 2.18. The smallest absolute Gasteiger partial charge is 0.0764 e. The summed E-state index contributed by atoms with van der Waals surface area (Å²) >= 11 is 3.68. The quantitative estimate of drug-likeness (QED) is 0.650. The first-order valence-electron chi connectivity index (χ1n) is 7.07. The minimum Gasteiger partial charge on any atom is -0.305 e. The zero-order valence-corrected chi connectivity index (χ0v) is 13.4. The van der Waals surface area contributed by atoms with Crippen LogP contribution in [-0.4, -0.2) is 6.54 Å². The molecule has 0 saturated carbocycles. The van der Waals surface area contributed by atoms with Crippen LogP contribution < -0.4 is 5.32 Å². The molecule has 2 heterocycles. The molecule has 2 rings (SSSR count). The van der Waals surface area contributed by atoms with Gasteiger partial charge in [0, 0.05) is 9.75 Å². The Morgan fingerprint density at radius 1 is 1.00 bits per heavy atom. The Bertz CT molecular complexity index is 397. The Kier molecular flexibility index (Phi) is 6.08. The highest BCUT2D eigenvalue weighted by atomic mass is 32.1. The third-order valence-electron chi connectivity index (χ3n) is 3.21. The van der Waals surface area contributed by atoms with Crippen LogP contribution in [0.15, 0.2) is 35.0 Å². The normalized spacial score (nSPS) is 11.6. The van der Waals surface area contributed by atoms with Gasteiger partial charge in [0.05, 0.1) is 6.04 Å². The molecule has 104 valence electrons. The zero-order chi connectivity index (χ0) is 13.5. The molecule has 0 fully saturated rings. The van der Waals surface area contributed by atoms with Crippen LogP contribution in [0.3, 0.4) is 0 Å². The van der Waals surface area contributed by atoms with Crippen LogP contribution in [0.5, 0.6) is 0 Å². The Balaban J connectivity index is 1.86. The highest BCUT2D eigenvalue weighted by Gasteiger charge is 2.14. The predicted molar refractivity (Wildman–Crippen MR) is 87.2 cm³/mol. The summed E-state index contributed by atoms with van der Waals surface area (Å²) < 4.78 is 0. The molecule has 0 amide bonds. The summed E-state index contributed by atoms with van der Waals surface area (Å²) in [5.41, 5.74) is 0. The van der Waals surface area contributed by atoms with Crippen LogP contribution >= 0.6 is 22.7 Å². The van der Waals surface area contributed by atoms with Crippen molar-refractivity contribution in [1.29, 1.82) is 0 Å². The van der Waals surface area contributed by atoms with Crippen LogP contribution in [0.1, 0.15) is 48.9 Å². The van der Waals surface area contributed by atoms with Gasteiger partial charge in [-0.05, 0) is 41.8 Å². The van der Waals surface area contributed by atoms with Crippen LogP contribution in [0, 0.1) is 5.92 Å². The highest BCUT2D eigenvalue weighted by Crippen LogP contribution is 2.29. The standard InChI is InChI=1S/C16H23NS2/c1-13(2)7-3-4-10-17-16(14-8-5-11-18-14)15-9-6-12-19-15/h5-6,8-9,11-13,16-17H,3-4,7,10H2,1-2H3. The third kappa shape index (κ3) is 4.75. The third-order valence-corrected chi connectivity index (χ3v) is 5.09. The van der Waals surface area contributed by atoms with Crippen molar-refractivity contribution in [2.24, 2.45) is 5.92 Å². The highest BCUT2D eigenvalue weighted by molar-refractivity contribution is 7.11. The Morgan fingerprint density at radius 2 is 1.63 bits per heavy atom. The number of nitrogens with one attached hydrogen (secondary N) is 1. The number of unbranched alkanes of at least 4 members (excludes halogenated alkanes) is 1. The van der Waals surface area contributed by atoms with E-state index in [0.717, 1.165) is 12.5 Å². The Hall–Kier alpha value is -0.640. The van der Waals surface area contributed by atoms with Crippen molar-refractivity contribution in [3.63, 3.8) is 0 Å². The van der Waals surface area contributed by atoms with E-state index >= 15 is 0 Å². The molecule has 0 aliphatic carbocycles. The van der Waals surface area contributed by atoms with E-state index in [1.165, 1.54) is 29.0 Å². The zero-order valence-electron chi connectivity index (χ0n) is 11.8. The molecule has 0 bridgehead atoms. The summed E-state index contributed by atoms with van der Waals surface area (Å²) in [6.45, 7) is 5.70. The van der Waals surface area contributed by atoms with Gasteiger partial charge in [-0.1, -0.05) is 38.8 Å². The van der Waals surface area contributed by atoms with Gasteiger partial charge in [0.15, 0.2) is 0 Å². The van der Waals surface area contributed by atoms with Crippen LogP contribution in [-0.2, 0) is 0 Å². The second-order valence-electron chi connectivity index (χ2n) is 5.31. The molecule has 0 spiro atoms.